The maximum atomic E-state index is 11.6. The van der Waals surface area contributed by atoms with Gasteiger partial charge in [-0.25, -0.2) is 4.79 Å². The van der Waals surface area contributed by atoms with Crippen molar-refractivity contribution in [1.29, 1.82) is 0 Å². The Hall–Kier alpha value is -2.25. The van der Waals surface area contributed by atoms with Crippen LogP contribution in [0.15, 0.2) is 16.8 Å². The number of nitrogens with zero attached hydrogens (tertiary/aromatic N) is 2. The highest BCUT2D eigenvalue weighted by Gasteiger charge is 2.62. The highest BCUT2D eigenvalue weighted by atomic mass is 16.7. The fourth-order valence-corrected chi connectivity index (χ4v) is 8.52. The molecule has 3 unspecified atom stereocenters. The van der Waals surface area contributed by atoms with Crippen LogP contribution in [0.1, 0.15) is 79.6 Å². The first kappa shape index (κ1) is 24.9. The average molecular weight is 475 g/mol. The Morgan fingerprint density at radius 1 is 1.15 bits per heavy atom. The molecule has 0 saturated heterocycles. The van der Waals surface area contributed by atoms with Gasteiger partial charge in [0.2, 0.25) is 6.54 Å². The van der Waals surface area contributed by atoms with E-state index in [0.29, 0.717) is 23.5 Å². The summed E-state index contributed by atoms with van der Waals surface area (Å²) >= 11 is 0. The van der Waals surface area contributed by atoms with Gasteiger partial charge >= 0.3 is 11.9 Å². The van der Waals surface area contributed by atoms with Gasteiger partial charge in [-0.05, 0) is 74.0 Å². The molecule has 4 aliphatic carbocycles. The largest absolute Gasteiger partial charge is 0.462 e. The van der Waals surface area contributed by atoms with E-state index in [1.54, 1.807) is 0 Å². The molecule has 4 aliphatic rings. The van der Waals surface area contributed by atoms with Crippen LogP contribution in [0.3, 0.4) is 0 Å². The van der Waals surface area contributed by atoms with Crippen molar-refractivity contribution < 1.29 is 24.1 Å². The highest BCUT2D eigenvalue weighted by Crippen LogP contribution is 2.67. The molecule has 4 rings (SSSR count). The maximum Gasteiger partial charge on any atom is 0.331 e. The number of nitro groups is 1. The van der Waals surface area contributed by atoms with Gasteiger partial charge in [0.25, 0.3) is 0 Å². The lowest BCUT2D eigenvalue weighted by Gasteiger charge is -2.58. The first-order chi connectivity index (χ1) is 16.0. The third-order valence-electron chi connectivity index (χ3n) is 9.72. The van der Waals surface area contributed by atoms with Gasteiger partial charge in [0.15, 0.2) is 0 Å². The Morgan fingerprint density at radius 3 is 2.53 bits per heavy atom. The van der Waals surface area contributed by atoms with Crippen molar-refractivity contribution in [2.45, 2.75) is 85.7 Å². The van der Waals surface area contributed by atoms with Gasteiger partial charge in [-0.1, -0.05) is 30.7 Å². The summed E-state index contributed by atoms with van der Waals surface area (Å²) < 4.78 is 5.55. The molecule has 0 spiro atoms. The summed E-state index contributed by atoms with van der Waals surface area (Å²) in [7, 11) is 0. The molecule has 8 atom stereocenters. The summed E-state index contributed by atoms with van der Waals surface area (Å²) in [6.45, 7) is 9.24. The standard InChI is InChI=1S/C26H38N2O6/c1-15(27-34-17(3)30)24-18(14-28(31)32)12-23-21-7-6-19-13-20(33-16(2)29)8-10-25(19,4)22(21)9-11-26(23,24)5/h6,18,20-24H,7-14H2,1-5H3/t18-,20-,21?,22?,23?,24-,25-,26-/m0/s1. The molecule has 0 N–H and O–H groups in total. The molecule has 3 saturated carbocycles. The number of carbonyl (C=O) groups is 2. The summed E-state index contributed by atoms with van der Waals surface area (Å²) in [4.78, 5) is 39.2. The lowest BCUT2D eigenvalue weighted by Crippen LogP contribution is -2.51. The second-order valence-corrected chi connectivity index (χ2v) is 11.6. The molecule has 8 nitrogen and oxygen atoms in total. The maximum absolute atomic E-state index is 11.6. The number of esters is 1. The van der Waals surface area contributed by atoms with Gasteiger partial charge < -0.3 is 9.57 Å². The third-order valence-corrected chi connectivity index (χ3v) is 9.72. The molecular weight excluding hydrogens is 436 g/mol. The number of hydrogen-bond donors (Lipinski definition) is 0. The van der Waals surface area contributed by atoms with Crippen molar-refractivity contribution in [3.05, 3.63) is 21.8 Å². The van der Waals surface area contributed by atoms with E-state index in [-0.39, 0.29) is 46.2 Å². The highest BCUT2D eigenvalue weighted by molar-refractivity contribution is 5.86. The predicted molar refractivity (Wildman–Crippen MR) is 126 cm³/mol. The van der Waals surface area contributed by atoms with Crippen LogP contribution in [0, 0.1) is 50.5 Å². The van der Waals surface area contributed by atoms with E-state index in [1.165, 1.54) is 19.4 Å². The van der Waals surface area contributed by atoms with Crippen molar-refractivity contribution in [2.24, 2.45) is 45.6 Å². The normalized spacial score (nSPS) is 41.4. The smallest absolute Gasteiger partial charge is 0.331 e. The minimum atomic E-state index is -0.476. The van der Waals surface area contributed by atoms with Gasteiger partial charge in [-0.2, -0.15) is 0 Å². The fourth-order valence-electron chi connectivity index (χ4n) is 8.52. The van der Waals surface area contributed by atoms with Crippen LogP contribution in [0.4, 0.5) is 0 Å². The second kappa shape index (κ2) is 9.08. The monoisotopic (exact) mass is 474 g/mol. The summed E-state index contributed by atoms with van der Waals surface area (Å²) in [5, 5.41) is 15.7. The first-order valence-electron chi connectivity index (χ1n) is 12.7. The minimum Gasteiger partial charge on any atom is -0.462 e. The quantitative estimate of drug-likeness (QED) is 0.139. The van der Waals surface area contributed by atoms with E-state index in [1.807, 2.05) is 6.92 Å². The molecule has 0 aliphatic heterocycles. The number of allylic oxidation sites excluding steroid dienone is 1. The predicted octanol–water partition coefficient (Wildman–Crippen LogP) is 4.94. The van der Waals surface area contributed by atoms with Crippen molar-refractivity contribution in [3.63, 3.8) is 0 Å². The van der Waals surface area contributed by atoms with E-state index in [2.05, 4.69) is 25.1 Å². The molecule has 0 aromatic carbocycles. The Morgan fingerprint density at radius 2 is 1.88 bits per heavy atom. The molecule has 0 bridgehead atoms. The van der Waals surface area contributed by atoms with Gasteiger partial charge in [-0.3, -0.25) is 14.9 Å². The Labute approximate surface area is 201 Å². The van der Waals surface area contributed by atoms with Gasteiger partial charge in [0.1, 0.15) is 6.10 Å². The molecule has 3 fully saturated rings. The average Bonchev–Trinajstić information content (AvgIpc) is 3.03. The molecule has 0 radical (unpaired) electrons. The van der Waals surface area contributed by atoms with Crippen molar-refractivity contribution in [3.8, 4) is 0 Å². The lowest BCUT2D eigenvalue weighted by atomic mass is 9.47. The Bertz CT molecular complexity index is 928. The van der Waals surface area contributed by atoms with E-state index in [9.17, 15) is 19.7 Å². The molecule has 0 aromatic heterocycles. The molecule has 0 aromatic rings. The van der Waals surface area contributed by atoms with Crippen molar-refractivity contribution in [1.82, 2.24) is 0 Å². The van der Waals surface area contributed by atoms with Crippen molar-refractivity contribution in [2.75, 3.05) is 6.54 Å². The van der Waals surface area contributed by atoms with E-state index in [0.717, 1.165) is 44.9 Å². The summed E-state index contributed by atoms with van der Waals surface area (Å²) in [6, 6.07) is 0. The van der Waals surface area contributed by atoms with Crippen LogP contribution in [-0.2, 0) is 19.2 Å². The lowest BCUT2D eigenvalue weighted by molar-refractivity contribution is -0.489. The fraction of sp³-hybridized carbons (Fsp3) is 0.808. The molecule has 0 heterocycles. The van der Waals surface area contributed by atoms with E-state index < -0.39 is 5.97 Å². The number of ether oxygens (including phenoxy) is 1. The van der Waals surface area contributed by atoms with Crippen LogP contribution in [-0.4, -0.2) is 35.2 Å². The van der Waals surface area contributed by atoms with Gasteiger partial charge in [-0.15, -0.1) is 0 Å². The number of carbonyl (C=O) groups excluding carboxylic acids is 2. The number of hydrogen-bond acceptors (Lipinski definition) is 7. The number of fused-ring (bicyclic) bond motifs is 5. The zero-order chi connectivity index (χ0) is 24.8. The number of oxime groups is 1. The molecule has 8 heteroatoms. The Kier molecular flexibility index (Phi) is 6.64. The van der Waals surface area contributed by atoms with E-state index in [4.69, 9.17) is 9.57 Å². The first-order valence-corrected chi connectivity index (χ1v) is 12.7. The van der Waals surface area contributed by atoms with Crippen LogP contribution in [0.2, 0.25) is 0 Å². The summed E-state index contributed by atoms with van der Waals surface area (Å²) in [5.41, 5.74) is 2.12. The minimum absolute atomic E-state index is 0.0253. The van der Waals surface area contributed by atoms with E-state index >= 15 is 0 Å². The van der Waals surface area contributed by atoms with Gasteiger partial charge in [0, 0.05) is 37.0 Å². The van der Waals surface area contributed by atoms with Gasteiger partial charge in [0.05, 0.1) is 5.71 Å². The zero-order valence-corrected chi connectivity index (χ0v) is 21.0. The van der Waals surface area contributed by atoms with Crippen LogP contribution in [0.25, 0.3) is 0 Å². The summed E-state index contributed by atoms with van der Waals surface area (Å²) in [5.74, 6) is 0.501. The Balaban J connectivity index is 1.63. The summed E-state index contributed by atoms with van der Waals surface area (Å²) in [6.07, 6.45) is 8.93. The molecular formula is C26H38N2O6. The SMILES string of the molecule is CC(=O)ON=C(C)[C@H]1[C@H](C[N+](=O)[O-])CC2C3CC=C4C[C@@H](OC(C)=O)CC[C@]4(C)C3CC[C@@]21C. The molecule has 188 valence electrons. The van der Waals surface area contributed by atoms with Crippen molar-refractivity contribution >= 4 is 17.7 Å². The van der Waals surface area contributed by atoms with Crippen LogP contribution >= 0.6 is 0 Å². The zero-order valence-electron chi connectivity index (χ0n) is 21.0. The topological polar surface area (TPSA) is 108 Å². The third kappa shape index (κ3) is 4.29. The van der Waals surface area contributed by atoms with Crippen LogP contribution < -0.4 is 0 Å². The molecule has 34 heavy (non-hydrogen) atoms. The second-order valence-electron chi connectivity index (χ2n) is 11.6. The molecule has 0 amide bonds. The number of rotatable bonds is 5. The van der Waals surface area contributed by atoms with Crippen LogP contribution in [0.5, 0.6) is 0 Å².